The quantitative estimate of drug-likeness (QED) is 0.792. The zero-order valence-electron chi connectivity index (χ0n) is 10.3. The van der Waals surface area contributed by atoms with Crippen molar-refractivity contribution in [1.82, 2.24) is 14.5 Å². The van der Waals surface area contributed by atoms with E-state index in [0.717, 1.165) is 23.3 Å². The van der Waals surface area contributed by atoms with Crippen molar-refractivity contribution in [2.24, 2.45) is 0 Å². The molecular formula is C15H13N3S. The Morgan fingerprint density at radius 1 is 1.21 bits per heavy atom. The molecule has 19 heavy (non-hydrogen) atoms. The first-order valence-corrected chi connectivity index (χ1v) is 6.53. The first-order chi connectivity index (χ1) is 9.36. The molecule has 0 atom stereocenters. The fourth-order valence-corrected chi connectivity index (χ4v) is 2.32. The second kappa shape index (κ2) is 5.20. The Morgan fingerprint density at radius 2 is 2.11 bits per heavy atom. The third-order valence-electron chi connectivity index (χ3n) is 2.89. The molecular weight excluding hydrogens is 254 g/mol. The third-order valence-corrected chi connectivity index (χ3v) is 3.18. The van der Waals surface area contributed by atoms with Crippen molar-refractivity contribution in [2.75, 3.05) is 0 Å². The van der Waals surface area contributed by atoms with Gasteiger partial charge in [0, 0.05) is 11.9 Å². The van der Waals surface area contributed by atoms with E-state index in [1.807, 2.05) is 47.1 Å². The number of hydrogen-bond acceptors (Lipinski definition) is 2. The van der Waals surface area contributed by atoms with Crippen LogP contribution in [0.3, 0.4) is 0 Å². The van der Waals surface area contributed by atoms with Gasteiger partial charge in [-0.15, -0.1) is 0 Å². The lowest BCUT2D eigenvalue weighted by Crippen LogP contribution is -1.95. The van der Waals surface area contributed by atoms with Gasteiger partial charge < -0.3 is 4.98 Å². The number of hydrogen-bond donors (Lipinski definition) is 1. The van der Waals surface area contributed by atoms with Gasteiger partial charge in [0.15, 0.2) is 10.4 Å². The molecule has 0 amide bonds. The fourth-order valence-electron chi connectivity index (χ4n) is 2.02. The van der Waals surface area contributed by atoms with E-state index in [0.29, 0.717) is 4.77 Å². The van der Waals surface area contributed by atoms with Gasteiger partial charge >= 0.3 is 0 Å². The van der Waals surface area contributed by atoms with Gasteiger partial charge in [0.1, 0.15) is 0 Å². The van der Waals surface area contributed by atoms with Crippen LogP contribution in [0.4, 0.5) is 0 Å². The molecule has 3 rings (SSSR count). The van der Waals surface area contributed by atoms with Crippen LogP contribution in [-0.4, -0.2) is 14.5 Å². The summed E-state index contributed by atoms with van der Waals surface area (Å²) in [5.41, 5.74) is 2.79. The minimum Gasteiger partial charge on any atom is -0.329 e. The van der Waals surface area contributed by atoms with Gasteiger partial charge in [-0.05, 0) is 42.9 Å². The summed E-state index contributed by atoms with van der Waals surface area (Å²) in [7, 11) is 0. The molecule has 2 aromatic heterocycles. The number of aromatic nitrogens is 3. The van der Waals surface area contributed by atoms with Crippen LogP contribution >= 0.6 is 12.2 Å². The van der Waals surface area contributed by atoms with Crippen molar-refractivity contribution in [3.8, 4) is 0 Å². The maximum atomic E-state index is 5.40. The molecule has 1 aliphatic carbocycles. The molecule has 0 aromatic carbocycles. The highest BCUT2D eigenvalue weighted by Gasteiger charge is 2.06. The molecule has 0 radical (unpaired) electrons. The Bertz CT molecular complexity index is 772. The van der Waals surface area contributed by atoms with Gasteiger partial charge in [-0.25, -0.2) is 4.98 Å². The van der Waals surface area contributed by atoms with Crippen molar-refractivity contribution in [1.29, 1.82) is 0 Å². The van der Waals surface area contributed by atoms with E-state index in [1.165, 1.54) is 0 Å². The van der Waals surface area contributed by atoms with Gasteiger partial charge in [0.2, 0.25) is 0 Å². The second-order valence-electron chi connectivity index (χ2n) is 4.18. The molecule has 0 fully saturated rings. The van der Waals surface area contributed by atoms with Crippen molar-refractivity contribution in [3.05, 3.63) is 65.6 Å². The van der Waals surface area contributed by atoms with E-state index >= 15 is 0 Å². The fraction of sp³-hybridized carbons (Fsp3) is 0.0667. The third kappa shape index (κ3) is 2.35. The van der Waals surface area contributed by atoms with E-state index in [1.54, 1.807) is 6.20 Å². The Balaban J connectivity index is 2.23. The summed E-state index contributed by atoms with van der Waals surface area (Å²) in [4.78, 5) is 7.58. The Morgan fingerprint density at radius 3 is 3.05 bits per heavy atom. The summed E-state index contributed by atoms with van der Waals surface area (Å²) in [6.07, 6.45) is 17.1. The molecule has 0 unspecified atom stereocenters. The van der Waals surface area contributed by atoms with Crippen LogP contribution < -0.4 is 0 Å². The minimum absolute atomic E-state index is 0.654. The molecule has 0 spiro atoms. The average Bonchev–Trinajstić information content (AvgIpc) is 2.80. The predicted octanol–water partition coefficient (Wildman–Crippen LogP) is 4.01. The van der Waals surface area contributed by atoms with E-state index in [4.69, 9.17) is 12.2 Å². The highest BCUT2D eigenvalue weighted by atomic mass is 32.1. The number of imidazole rings is 1. The summed E-state index contributed by atoms with van der Waals surface area (Å²) >= 11 is 5.40. The minimum atomic E-state index is 0.654. The van der Waals surface area contributed by atoms with E-state index in [2.05, 4.69) is 22.1 Å². The highest BCUT2D eigenvalue weighted by molar-refractivity contribution is 7.71. The van der Waals surface area contributed by atoms with Crippen LogP contribution in [0.1, 0.15) is 6.42 Å². The summed E-state index contributed by atoms with van der Waals surface area (Å²) in [5.74, 6) is 0. The first kappa shape index (κ1) is 11.9. The first-order valence-electron chi connectivity index (χ1n) is 6.12. The largest absolute Gasteiger partial charge is 0.329 e. The smallest absolute Gasteiger partial charge is 0.183 e. The van der Waals surface area contributed by atoms with Crippen LogP contribution in [0.15, 0.2) is 60.9 Å². The number of allylic oxidation sites excluding steroid dienone is 8. The summed E-state index contributed by atoms with van der Waals surface area (Å²) in [6.45, 7) is 0. The molecule has 0 saturated heterocycles. The van der Waals surface area contributed by atoms with Gasteiger partial charge in [-0.2, -0.15) is 0 Å². The topological polar surface area (TPSA) is 33.6 Å². The molecule has 0 saturated carbocycles. The number of nitrogens with zero attached hydrogens (tertiary/aromatic N) is 2. The normalized spacial score (nSPS) is 22.8. The Kier molecular flexibility index (Phi) is 3.25. The molecule has 1 aliphatic rings. The number of nitrogens with one attached hydrogen (secondary N) is 1. The van der Waals surface area contributed by atoms with Crippen molar-refractivity contribution < 1.29 is 0 Å². The lowest BCUT2D eigenvalue weighted by Gasteiger charge is -2.03. The van der Waals surface area contributed by atoms with Crippen LogP contribution in [0, 0.1) is 4.77 Å². The molecule has 2 aromatic rings. The van der Waals surface area contributed by atoms with E-state index in [-0.39, 0.29) is 0 Å². The number of pyridine rings is 1. The zero-order valence-corrected chi connectivity index (χ0v) is 11.1. The lowest BCUT2D eigenvalue weighted by molar-refractivity contribution is 1.08. The molecule has 0 aliphatic heterocycles. The summed E-state index contributed by atoms with van der Waals surface area (Å²) in [5, 5.41) is 0. The predicted molar refractivity (Wildman–Crippen MR) is 81.2 cm³/mol. The standard InChI is InChI=1S/C15H13N3S/c19-15-17-13-10-7-11-16-14(13)18(15)12-8-5-3-1-2-4-6-9-12/h1,3-11H,2H2,(H,17,19)/b3-1-,6-4-,8-5-,12-9+. The van der Waals surface area contributed by atoms with Crippen LogP contribution in [0.2, 0.25) is 0 Å². The monoisotopic (exact) mass is 267 g/mol. The SMILES string of the molecule is S=c1[nH]c2cccnc2n1C1=C/C=C\C\C=C/C=C\1. The maximum absolute atomic E-state index is 5.40. The van der Waals surface area contributed by atoms with Crippen LogP contribution in [-0.2, 0) is 0 Å². The van der Waals surface area contributed by atoms with Crippen molar-refractivity contribution >= 4 is 29.1 Å². The average molecular weight is 267 g/mol. The number of H-pyrrole nitrogens is 1. The van der Waals surface area contributed by atoms with Gasteiger partial charge in [-0.1, -0.05) is 30.4 Å². The molecule has 4 heteroatoms. The van der Waals surface area contributed by atoms with E-state index in [9.17, 15) is 0 Å². The molecule has 94 valence electrons. The van der Waals surface area contributed by atoms with E-state index < -0.39 is 0 Å². The number of aromatic amines is 1. The van der Waals surface area contributed by atoms with Crippen molar-refractivity contribution in [3.63, 3.8) is 0 Å². The van der Waals surface area contributed by atoms with Gasteiger partial charge in [0.25, 0.3) is 0 Å². The molecule has 2 heterocycles. The zero-order chi connectivity index (χ0) is 13.1. The second-order valence-corrected chi connectivity index (χ2v) is 4.57. The number of rotatable bonds is 1. The highest BCUT2D eigenvalue weighted by Crippen LogP contribution is 2.18. The maximum Gasteiger partial charge on any atom is 0.183 e. The summed E-state index contributed by atoms with van der Waals surface area (Å²) < 4.78 is 2.60. The molecule has 0 bridgehead atoms. The molecule has 1 N–H and O–H groups in total. The Labute approximate surface area is 116 Å². The van der Waals surface area contributed by atoms with Gasteiger partial charge in [0.05, 0.1) is 5.52 Å². The lowest BCUT2D eigenvalue weighted by atomic mass is 10.3. The summed E-state index contributed by atoms with van der Waals surface area (Å²) in [6, 6.07) is 3.87. The number of fused-ring (bicyclic) bond motifs is 1. The molecule has 3 nitrogen and oxygen atoms in total. The van der Waals surface area contributed by atoms with Crippen LogP contribution in [0.25, 0.3) is 16.9 Å². The van der Waals surface area contributed by atoms with Gasteiger partial charge in [-0.3, -0.25) is 4.57 Å². The van der Waals surface area contributed by atoms with Crippen LogP contribution in [0.5, 0.6) is 0 Å². The Hall–Kier alpha value is -2.20. The van der Waals surface area contributed by atoms with Crippen molar-refractivity contribution in [2.45, 2.75) is 6.42 Å².